The third-order valence-corrected chi connectivity index (χ3v) is 9.57. The SMILES string of the molecule is Cn1ccnc1CN(C(=O)[C@H]1C[C@H]1c1ccc(Cl)cc1)c1ccc2c(c1)[C@@H](NS(=O)(=O)c1ccc(F)cc1)CC2. The minimum Gasteiger partial charge on any atom is -0.337 e. The first kappa shape index (κ1) is 26.7. The number of carbonyl (C=O) groups excluding carboxylic acids is 1. The largest absolute Gasteiger partial charge is 0.337 e. The Bertz CT molecular complexity index is 1670. The molecule has 0 bridgehead atoms. The van der Waals surface area contributed by atoms with E-state index in [9.17, 15) is 17.6 Å². The maximum Gasteiger partial charge on any atom is 0.241 e. The molecule has 1 amide bonds. The number of amides is 1. The van der Waals surface area contributed by atoms with E-state index in [1.165, 1.54) is 12.1 Å². The highest BCUT2D eigenvalue weighted by Crippen LogP contribution is 2.49. The van der Waals surface area contributed by atoms with E-state index in [1.54, 1.807) is 11.1 Å². The highest BCUT2D eigenvalue weighted by molar-refractivity contribution is 7.89. The first-order chi connectivity index (χ1) is 19.2. The van der Waals surface area contributed by atoms with E-state index in [1.807, 2.05) is 60.3 Å². The average molecular weight is 579 g/mol. The van der Waals surface area contributed by atoms with Gasteiger partial charge in [0.25, 0.3) is 0 Å². The summed E-state index contributed by atoms with van der Waals surface area (Å²) in [5.74, 6) is 0.206. The minimum atomic E-state index is -3.86. The quantitative estimate of drug-likeness (QED) is 0.299. The van der Waals surface area contributed by atoms with Crippen molar-refractivity contribution < 1.29 is 17.6 Å². The Hall–Kier alpha value is -3.53. The predicted molar refractivity (Wildman–Crippen MR) is 151 cm³/mol. The highest BCUT2D eigenvalue weighted by atomic mass is 35.5. The molecule has 40 heavy (non-hydrogen) atoms. The molecule has 10 heteroatoms. The lowest BCUT2D eigenvalue weighted by Gasteiger charge is -2.25. The molecule has 0 unspecified atom stereocenters. The number of hydrogen-bond donors (Lipinski definition) is 1. The molecule has 0 radical (unpaired) electrons. The standard InChI is InChI=1S/C30H28ClFN4O3S/c1-35-15-14-33-29(35)18-36(30(37)27-17-25(27)19-2-6-21(31)7-3-19)23-10-4-20-5-13-28(26(20)16-23)34-40(38,39)24-11-8-22(32)9-12-24/h2-4,6-12,14-16,25,27-28,34H,5,13,17-18H2,1H3/t25-,27-,28-/m0/s1. The zero-order valence-corrected chi connectivity index (χ0v) is 23.4. The lowest BCUT2D eigenvalue weighted by Crippen LogP contribution is -2.33. The predicted octanol–water partition coefficient (Wildman–Crippen LogP) is 5.52. The van der Waals surface area contributed by atoms with Crippen molar-refractivity contribution in [2.24, 2.45) is 13.0 Å². The van der Waals surface area contributed by atoms with E-state index in [-0.39, 0.29) is 29.2 Å². The Morgan fingerprint density at radius 3 is 2.58 bits per heavy atom. The van der Waals surface area contributed by atoms with Gasteiger partial charge in [-0.25, -0.2) is 22.5 Å². The van der Waals surface area contributed by atoms with Crippen LogP contribution in [-0.2, 0) is 34.8 Å². The molecule has 2 aliphatic carbocycles. The van der Waals surface area contributed by atoms with Gasteiger partial charge in [0.2, 0.25) is 15.9 Å². The summed E-state index contributed by atoms with van der Waals surface area (Å²) in [7, 11) is -1.97. The number of halogens is 2. The molecule has 7 nitrogen and oxygen atoms in total. The summed E-state index contributed by atoms with van der Waals surface area (Å²) in [6, 6.07) is 17.7. The monoisotopic (exact) mass is 578 g/mol. The lowest BCUT2D eigenvalue weighted by molar-refractivity contribution is -0.120. The van der Waals surface area contributed by atoms with Crippen molar-refractivity contribution >= 4 is 33.2 Å². The van der Waals surface area contributed by atoms with Gasteiger partial charge < -0.3 is 9.47 Å². The summed E-state index contributed by atoms with van der Waals surface area (Å²) in [4.78, 5) is 20.1. The number of aromatic nitrogens is 2. The molecular formula is C30H28ClFN4O3S. The summed E-state index contributed by atoms with van der Waals surface area (Å²) in [5, 5.41) is 0.659. The minimum absolute atomic E-state index is 0.00402. The number of rotatable bonds is 8. The summed E-state index contributed by atoms with van der Waals surface area (Å²) in [6.45, 7) is 0.289. The molecule has 1 fully saturated rings. The molecule has 1 heterocycles. The zero-order valence-electron chi connectivity index (χ0n) is 21.8. The number of nitrogens with one attached hydrogen (secondary N) is 1. The van der Waals surface area contributed by atoms with E-state index in [0.717, 1.165) is 41.1 Å². The Balaban J connectivity index is 1.29. The summed E-state index contributed by atoms with van der Waals surface area (Å²) in [6.07, 6.45) is 5.60. The van der Waals surface area contributed by atoms with Crippen LogP contribution < -0.4 is 9.62 Å². The lowest BCUT2D eigenvalue weighted by atomic mass is 10.1. The number of anilines is 1. The molecule has 1 saturated carbocycles. The average Bonchev–Trinajstić information content (AvgIpc) is 3.50. The fourth-order valence-electron chi connectivity index (χ4n) is 5.48. The van der Waals surface area contributed by atoms with E-state index in [4.69, 9.17) is 11.6 Å². The number of aryl methyl sites for hydroxylation is 2. The summed E-state index contributed by atoms with van der Waals surface area (Å²) >= 11 is 6.06. The fourth-order valence-corrected chi connectivity index (χ4v) is 6.86. The number of imidazole rings is 1. The highest BCUT2D eigenvalue weighted by Gasteiger charge is 2.46. The number of nitrogens with zero attached hydrogens (tertiary/aromatic N) is 3. The van der Waals surface area contributed by atoms with Crippen LogP contribution in [0.15, 0.2) is 84.0 Å². The number of benzene rings is 3. The molecule has 3 atom stereocenters. The van der Waals surface area contributed by atoms with Crippen molar-refractivity contribution in [2.75, 3.05) is 4.90 Å². The van der Waals surface area contributed by atoms with E-state index < -0.39 is 21.9 Å². The number of carbonyl (C=O) groups is 1. The van der Waals surface area contributed by atoms with Gasteiger partial charge in [-0.15, -0.1) is 0 Å². The Kier molecular flexibility index (Phi) is 6.98. The molecule has 206 valence electrons. The van der Waals surface area contributed by atoms with Crippen LogP contribution in [0.3, 0.4) is 0 Å². The van der Waals surface area contributed by atoms with Crippen LogP contribution in [0.25, 0.3) is 0 Å². The topological polar surface area (TPSA) is 84.3 Å². The molecule has 0 saturated heterocycles. The van der Waals surface area contributed by atoms with Crippen molar-refractivity contribution in [3.05, 3.63) is 112 Å². The van der Waals surface area contributed by atoms with E-state index >= 15 is 0 Å². The van der Waals surface area contributed by atoms with Crippen molar-refractivity contribution in [1.82, 2.24) is 14.3 Å². The fraction of sp³-hybridized carbons (Fsp3) is 0.267. The normalized spacial score (nSPS) is 19.8. The van der Waals surface area contributed by atoms with Crippen LogP contribution in [0, 0.1) is 11.7 Å². The Morgan fingerprint density at radius 2 is 1.88 bits per heavy atom. The maximum absolute atomic E-state index is 13.9. The molecule has 3 aromatic carbocycles. The molecule has 1 aromatic heterocycles. The van der Waals surface area contributed by atoms with Gasteiger partial charge in [0.15, 0.2) is 0 Å². The number of fused-ring (bicyclic) bond motifs is 1. The number of sulfonamides is 1. The van der Waals surface area contributed by atoms with Crippen molar-refractivity contribution in [3.63, 3.8) is 0 Å². The maximum atomic E-state index is 13.9. The van der Waals surface area contributed by atoms with Gasteiger partial charge in [-0.2, -0.15) is 0 Å². The second kappa shape index (κ2) is 10.5. The summed E-state index contributed by atoms with van der Waals surface area (Å²) in [5.41, 5.74) is 3.65. The van der Waals surface area contributed by atoms with Crippen LogP contribution in [0.4, 0.5) is 10.1 Å². The third kappa shape index (κ3) is 5.29. The van der Waals surface area contributed by atoms with Crippen molar-refractivity contribution in [1.29, 1.82) is 0 Å². The first-order valence-electron chi connectivity index (χ1n) is 13.1. The summed E-state index contributed by atoms with van der Waals surface area (Å²) < 4.78 is 44.1. The molecule has 1 N–H and O–H groups in total. The van der Waals surface area contributed by atoms with Crippen LogP contribution in [-0.4, -0.2) is 23.9 Å². The van der Waals surface area contributed by atoms with Gasteiger partial charge in [-0.3, -0.25) is 4.79 Å². The van der Waals surface area contributed by atoms with Crippen molar-refractivity contribution in [2.45, 2.75) is 42.7 Å². The van der Waals surface area contributed by atoms with Gasteiger partial charge in [-0.1, -0.05) is 29.8 Å². The van der Waals surface area contributed by atoms with Crippen LogP contribution in [0.2, 0.25) is 5.02 Å². The van der Waals surface area contributed by atoms with Gasteiger partial charge in [-0.05, 0) is 90.4 Å². The third-order valence-electron chi connectivity index (χ3n) is 7.83. The van der Waals surface area contributed by atoms with Gasteiger partial charge in [0, 0.05) is 42.1 Å². The second-order valence-electron chi connectivity index (χ2n) is 10.4. The smallest absolute Gasteiger partial charge is 0.241 e. The van der Waals surface area contributed by atoms with Gasteiger partial charge in [0.1, 0.15) is 11.6 Å². The van der Waals surface area contributed by atoms with E-state index in [2.05, 4.69) is 9.71 Å². The molecule has 0 aliphatic heterocycles. The van der Waals surface area contributed by atoms with Gasteiger partial charge >= 0.3 is 0 Å². The molecule has 0 spiro atoms. The zero-order chi connectivity index (χ0) is 28.0. The Morgan fingerprint density at radius 1 is 1.12 bits per heavy atom. The molecule has 4 aromatic rings. The second-order valence-corrected chi connectivity index (χ2v) is 12.6. The van der Waals surface area contributed by atoms with Crippen LogP contribution in [0.1, 0.15) is 47.3 Å². The van der Waals surface area contributed by atoms with E-state index in [0.29, 0.717) is 23.6 Å². The van der Waals surface area contributed by atoms with Crippen LogP contribution in [0.5, 0.6) is 0 Å². The molecule has 6 rings (SSSR count). The van der Waals surface area contributed by atoms with Crippen molar-refractivity contribution in [3.8, 4) is 0 Å². The van der Waals surface area contributed by atoms with Crippen LogP contribution >= 0.6 is 11.6 Å². The Labute approximate surface area is 237 Å². The number of hydrogen-bond acceptors (Lipinski definition) is 4. The van der Waals surface area contributed by atoms with Gasteiger partial charge in [0.05, 0.1) is 11.4 Å². The molecular weight excluding hydrogens is 551 g/mol. The first-order valence-corrected chi connectivity index (χ1v) is 15.0. The molecule has 2 aliphatic rings.